The van der Waals surface area contributed by atoms with Gasteiger partial charge in [-0.25, -0.2) is 0 Å². The normalized spacial score (nSPS) is 14.1. The van der Waals surface area contributed by atoms with Crippen molar-refractivity contribution in [2.45, 2.75) is 32.7 Å². The van der Waals surface area contributed by atoms with Gasteiger partial charge in [-0.3, -0.25) is 4.99 Å². The predicted molar refractivity (Wildman–Crippen MR) is 88.5 cm³/mol. The minimum Gasteiger partial charge on any atom is -0.385 e. The molecule has 21 heavy (non-hydrogen) atoms. The molecule has 1 atom stereocenters. The number of nitrogens with one attached hydrogen (secondary N) is 1. The fourth-order valence-corrected chi connectivity index (χ4v) is 2.07. The molecule has 0 spiro atoms. The summed E-state index contributed by atoms with van der Waals surface area (Å²) in [6, 6.07) is 0.370. The number of ether oxygens (including phenoxy) is 2. The summed E-state index contributed by atoms with van der Waals surface area (Å²) >= 11 is 0. The minimum absolute atomic E-state index is 0.370. The van der Waals surface area contributed by atoms with E-state index >= 15 is 0 Å². The highest BCUT2D eigenvalue weighted by molar-refractivity contribution is 5.91. The Bertz CT molecular complexity index is 319. The maximum atomic E-state index is 5.97. The molecular formula is C15H32N4O2. The number of methoxy groups -OCH3 is 2. The van der Waals surface area contributed by atoms with Crippen LogP contribution in [-0.2, 0) is 9.47 Å². The van der Waals surface area contributed by atoms with E-state index in [9.17, 15) is 0 Å². The van der Waals surface area contributed by atoms with Gasteiger partial charge in [0, 0.05) is 59.7 Å². The molecule has 0 radical (unpaired) electrons. The number of hydrogen-bond donors (Lipinski definition) is 2. The molecule has 0 aromatic carbocycles. The van der Waals surface area contributed by atoms with Crippen molar-refractivity contribution >= 4 is 5.84 Å². The van der Waals surface area contributed by atoms with Crippen molar-refractivity contribution < 1.29 is 9.47 Å². The smallest absolute Gasteiger partial charge is 0.121 e. The van der Waals surface area contributed by atoms with E-state index in [1.807, 2.05) is 13.1 Å². The second-order valence-electron chi connectivity index (χ2n) is 4.85. The lowest BCUT2D eigenvalue weighted by atomic mass is 10.2. The van der Waals surface area contributed by atoms with Crippen molar-refractivity contribution in [2.24, 2.45) is 10.7 Å². The van der Waals surface area contributed by atoms with Gasteiger partial charge < -0.3 is 25.4 Å². The van der Waals surface area contributed by atoms with Crippen LogP contribution >= 0.6 is 0 Å². The highest BCUT2D eigenvalue weighted by atomic mass is 16.5. The van der Waals surface area contributed by atoms with Gasteiger partial charge in [0.2, 0.25) is 0 Å². The molecule has 0 saturated heterocycles. The van der Waals surface area contributed by atoms with E-state index in [2.05, 4.69) is 29.1 Å². The van der Waals surface area contributed by atoms with Gasteiger partial charge in [-0.1, -0.05) is 0 Å². The molecular weight excluding hydrogens is 268 g/mol. The fraction of sp³-hybridized carbons (Fsp3) is 0.800. The second kappa shape index (κ2) is 12.5. The largest absolute Gasteiger partial charge is 0.385 e. The molecule has 0 fully saturated rings. The Labute approximate surface area is 129 Å². The summed E-state index contributed by atoms with van der Waals surface area (Å²) < 4.78 is 10.1. The SMILES string of the molecule is CCN(C(=CC(N)=NCCCOC)NC)C(C)CCOC. The molecule has 124 valence electrons. The Morgan fingerprint density at radius 3 is 2.52 bits per heavy atom. The molecule has 0 aromatic rings. The second-order valence-corrected chi connectivity index (χ2v) is 4.85. The van der Waals surface area contributed by atoms with Crippen molar-refractivity contribution in [1.29, 1.82) is 0 Å². The molecule has 0 aliphatic rings. The van der Waals surface area contributed by atoms with Gasteiger partial charge in [0.05, 0.1) is 0 Å². The van der Waals surface area contributed by atoms with Crippen LogP contribution in [0.25, 0.3) is 0 Å². The van der Waals surface area contributed by atoms with Crippen LogP contribution in [0.1, 0.15) is 26.7 Å². The number of nitrogens with zero attached hydrogens (tertiary/aromatic N) is 2. The molecule has 0 amide bonds. The summed E-state index contributed by atoms with van der Waals surface area (Å²) in [6.45, 7) is 7.33. The lowest BCUT2D eigenvalue weighted by Gasteiger charge is -2.32. The van der Waals surface area contributed by atoms with Crippen LogP contribution in [0.15, 0.2) is 16.9 Å². The topological polar surface area (TPSA) is 72.1 Å². The number of rotatable bonds is 12. The summed E-state index contributed by atoms with van der Waals surface area (Å²) in [5, 5.41) is 3.20. The summed E-state index contributed by atoms with van der Waals surface area (Å²) in [5.74, 6) is 1.52. The Hall–Kier alpha value is -1.27. The maximum absolute atomic E-state index is 5.97. The zero-order valence-corrected chi connectivity index (χ0v) is 14.2. The molecule has 0 bridgehead atoms. The van der Waals surface area contributed by atoms with E-state index in [0.29, 0.717) is 25.0 Å². The highest BCUT2D eigenvalue weighted by Gasteiger charge is 2.14. The molecule has 0 aliphatic carbocycles. The zero-order chi connectivity index (χ0) is 16.1. The van der Waals surface area contributed by atoms with Gasteiger partial charge in [-0.2, -0.15) is 0 Å². The van der Waals surface area contributed by atoms with Crippen molar-refractivity contribution in [1.82, 2.24) is 10.2 Å². The summed E-state index contributed by atoms with van der Waals surface area (Å²) in [7, 11) is 5.31. The maximum Gasteiger partial charge on any atom is 0.121 e. The number of hydrogen-bond acceptors (Lipinski definition) is 5. The monoisotopic (exact) mass is 300 g/mol. The predicted octanol–water partition coefficient (Wildman–Crippen LogP) is 1.19. The first-order valence-corrected chi connectivity index (χ1v) is 7.54. The quantitative estimate of drug-likeness (QED) is 0.322. The number of amidine groups is 1. The lowest BCUT2D eigenvalue weighted by Crippen LogP contribution is -2.38. The van der Waals surface area contributed by atoms with Crippen LogP contribution < -0.4 is 11.1 Å². The molecule has 3 N–H and O–H groups in total. The zero-order valence-electron chi connectivity index (χ0n) is 14.2. The molecule has 6 heteroatoms. The van der Waals surface area contributed by atoms with Crippen LogP contribution in [0.3, 0.4) is 0 Å². The van der Waals surface area contributed by atoms with Crippen LogP contribution in [0.4, 0.5) is 0 Å². The summed E-state index contributed by atoms with van der Waals surface area (Å²) in [6.07, 6.45) is 3.73. The lowest BCUT2D eigenvalue weighted by molar-refractivity contribution is 0.155. The van der Waals surface area contributed by atoms with E-state index in [1.165, 1.54) is 0 Å². The Balaban J connectivity index is 4.70. The first-order valence-electron chi connectivity index (χ1n) is 7.54. The molecule has 0 heterocycles. The van der Waals surface area contributed by atoms with Crippen molar-refractivity contribution in [3.8, 4) is 0 Å². The van der Waals surface area contributed by atoms with Crippen LogP contribution in [0.2, 0.25) is 0 Å². The minimum atomic E-state index is 0.370. The third-order valence-electron chi connectivity index (χ3n) is 3.26. The average Bonchev–Trinajstić information content (AvgIpc) is 2.49. The van der Waals surface area contributed by atoms with Gasteiger partial charge >= 0.3 is 0 Å². The van der Waals surface area contributed by atoms with Crippen molar-refractivity contribution in [3.05, 3.63) is 11.9 Å². The van der Waals surface area contributed by atoms with E-state index in [-0.39, 0.29) is 0 Å². The highest BCUT2D eigenvalue weighted by Crippen LogP contribution is 2.10. The van der Waals surface area contributed by atoms with Crippen LogP contribution in [-0.4, -0.2) is 64.3 Å². The van der Waals surface area contributed by atoms with E-state index in [4.69, 9.17) is 15.2 Å². The Morgan fingerprint density at radius 2 is 2.00 bits per heavy atom. The molecule has 0 saturated carbocycles. The fourth-order valence-electron chi connectivity index (χ4n) is 2.07. The molecule has 1 unspecified atom stereocenters. The van der Waals surface area contributed by atoms with Gasteiger partial charge in [-0.15, -0.1) is 0 Å². The van der Waals surface area contributed by atoms with Crippen molar-refractivity contribution in [3.63, 3.8) is 0 Å². The number of nitrogens with two attached hydrogens (primary N) is 1. The third kappa shape index (κ3) is 8.57. The molecule has 0 rings (SSSR count). The first-order chi connectivity index (χ1) is 10.1. The molecule has 6 nitrogen and oxygen atoms in total. The van der Waals surface area contributed by atoms with Gasteiger partial charge in [0.1, 0.15) is 11.7 Å². The third-order valence-corrected chi connectivity index (χ3v) is 3.26. The summed E-state index contributed by atoms with van der Waals surface area (Å²) in [4.78, 5) is 6.59. The van der Waals surface area contributed by atoms with Gasteiger partial charge in [0.25, 0.3) is 0 Å². The van der Waals surface area contributed by atoms with E-state index in [1.54, 1.807) is 14.2 Å². The number of aliphatic imine (C=N–C) groups is 1. The van der Waals surface area contributed by atoms with Crippen LogP contribution in [0.5, 0.6) is 0 Å². The molecule has 0 aliphatic heterocycles. The van der Waals surface area contributed by atoms with Crippen LogP contribution in [0, 0.1) is 0 Å². The van der Waals surface area contributed by atoms with E-state index < -0.39 is 0 Å². The Morgan fingerprint density at radius 1 is 1.33 bits per heavy atom. The summed E-state index contributed by atoms with van der Waals surface area (Å²) in [5.41, 5.74) is 5.97. The standard InChI is InChI=1S/C15H32N4O2/c1-6-19(13(2)8-11-21-5)15(17-3)12-14(16)18-9-7-10-20-4/h12-13,17H,6-11H2,1-5H3,(H2,16,18). The Kier molecular flexibility index (Phi) is 11.7. The average molecular weight is 300 g/mol. The van der Waals surface area contributed by atoms with Gasteiger partial charge in [0.15, 0.2) is 0 Å². The first kappa shape index (κ1) is 19.7. The molecule has 0 aromatic heterocycles. The van der Waals surface area contributed by atoms with Crippen molar-refractivity contribution in [2.75, 3.05) is 47.6 Å². The van der Waals surface area contributed by atoms with E-state index in [0.717, 1.165) is 31.8 Å². The van der Waals surface area contributed by atoms with Gasteiger partial charge in [-0.05, 0) is 26.7 Å².